The molecule has 7 nitrogen and oxygen atoms in total. The minimum absolute atomic E-state index is 0.132. The maximum atomic E-state index is 12.9. The van der Waals surface area contributed by atoms with Gasteiger partial charge in [-0.1, -0.05) is 12.2 Å². The molecule has 2 bridgehead atoms. The molecule has 4 atom stereocenters. The molecule has 2 fully saturated rings. The van der Waals surface area contributed by atoms with E-state index in [9.17, 15) is 14.4 Å². The molecule has 0 spiro atoms. The number of rotatable bonds is 5. The van der Waals surface area contributed by atoms with E-state index in [0.717, 1.165) is 6.42 Å². The molecule has 3 amide bonds. The minimum Gasteiger partial charge on any atom is -0.497 e. The van der Waals surface area contributed by atoms with Crippen molar-refractivity contribution in [3.63, 3.8) is 0 Å². The molecule has 5 rings (SSSR count). The summed E-state index contributed by atoms with van der Waals surface area (Å²) in [6.45, 7) is 0. The van der Waals surface area contributed by atoms with Crippen molar-refractivity contribution < 1.29 is 23.9 Å². The second-order valence-electron chi connectivity index (χ2n) is 8.08. The average Bonchev–Trinajstić information content (AvgIpc) is 3.48. The van der Waals surface area contributed by atoms with Crippen LogP contribution in [0.25, 0.3) is 0 Å². The summed E-state index contributed by atoms with van der Waals surface area (Å²) in [4.78, 5) is 39.9. The van der Waals surface area contributed by atoms with E-state index in [4.69, 9.17) is 9.47 Å². The van der Waals surface area contributed by atoms with Gasteiger partial charge in [0.05, 0.1) is 37.4 Å². The summed E-state index contributed by atoms with van der Waals surface area (Å²) in [6.07, 6.45) is 5.04. The lowest BCUT2D eigenvalue weighted by Gasteiger charge is -2.17. The van der Waals surface area contributed by atoms with E-state index in [0.29, 0.717) is 28.4 Å². The molecule has 2 aromatic rings. The van der Waals surface area contributed by atoms with Crippen LogP contribution in [0.5, 0.6) is 11.5 Å². The summed E-state index contributed by atoms with van der Waals surface area (Å²) in [5, 5.41) is 2.81. The first-order chi connectivity index (χ1) is 15.0. The number of methoxy groups -OCH3 is 2. The van der Waals surface area contributed by atoms with Gasteiger partial charge in [-0.25, -0.2) is 0 Å². The van der Waals surface area contributed by atoms with Gasteiger partial charge in [0.2, 0.25) is 11.8 Å². The van der Waals surface area contributed by atoms with Crippen LogP contribution in [0.1, 0.15) is 16.8 Å². The number of amides is 3. The second kappa shape index (κ2) is 7.27. The molecule has 3 aliphatic rings. The Kier molecular flexibility index (Phi) is 4.54. The number of ether oxygens (including phenoxy) is 2. The summed E-state index contributed by atoms with van der Waals surface area (Å²) in [6, 6.07) is 11.6. The first-order valence-electron chi connectivity index (χ1n) is 10.2. The number of fused-ring (bicyclic) bond motifs is 5. The summed E-state index contributed by atoms with van der Waals surface area (Å²) in [5.74, 6) is 0.357. The number of benzene rings is 2. The normalized spacial score (nSPS) is 25.7. The summed E-state index contributed by atoms with van der Waals surface area (Å²) in [5.41, 5.74) is 1.42. The highest BCUT2D eigenvalue weighted by Crippen LogP contribution is 2.53. The molecule has 1 aliphatic heterocycles. The second-order valence-corrected chi connectivity index (χ2v) is 8.08. The topological polar surface area (TPSA) is 84.9 Å². The molecule has 7 heteroatoms. The van der Waals surface area contributed by atoms with Crippen LogP contribution < -0.4 is 19.7 Å². The largest absolute Gasteiger partial charge is 0.497 e. The minimum atomic E-state index is -0.326. The van der Waals surface area contributed by atoms with Crippen molar-refractivity contribution in [2.24, 2.45) is 23.7 Å². The summed E-state index contributed by atoms with van der Waals surface area (Å²) < 4.78 is 10.5. The molecular formula is C24H22N2O5. The molecule has 0 unspecified atom stereocenters. The fourth-order valence-electron chi connectivity index (χ4n) is 5.01. The number of nitrogens with one attached hydrogen (secondary N) is 1. The van der Waals surface area contributed by atoms with Gasteiger partial charge >= 0.3 is 0 Å². The van der Waals surface area contributed by atoms with Crippen LogP contribution >= 0.6 is 0 Å². The Morgan fingerprint density at radius 3 is 2.16 bits per heavy atom. The Morgan fingerprint density at radius 1 is 0.935 bits per heavy atom. The van der Waals surface area contributed by atoms with Gasteiger partial charge in [0.25, 0.3) is 5.91 Å². The quantitative estimate of drug-likeness (QED) is 0.595. The smallest absolute Gasteiger partial charge is 0.255 e. The molecule has 0 aromatic heterocycles. The van der Waals surface area contributed by atoms with Gasteiger partial charge in [-0.05, 0) is 54.7 Å². The molecule has 1 saturated carbocycles. The number of hydrogen-bond donors (Lipinski definition) is 1. The summed E-state index contributed by atoms with van der Waals surface area (Å²) >= 11 is 0. The molecular weight excluding hydrogens is 396 g/mol. The third-order valence-corrected chi connectivity index (χ3v) is 6.51. The highest BCUT2D eigenvalue weighted by Gasteiger charge is 2.59. The Morgan fingerprint density at radius 2 is 1.58 bits per heavy atom. The zero-order valence-electron chi connectivity index (χ0n) is 17.2. The molecule has 2 aromatic carbocycles. The van der Waals surface area contributed by atoms with Crippen molar-refractivity contribution in [3.05, 3.63) is 60.2 Å². The van der Waals surface area contributed by atoms with E-state index in [2.05, 4.69) is 17.5 Å². The van der Waals surface area contributed by atoms with Gasteiger partial charge < -0.3 is 14.8 Å². The maximum absolute atomic E-state index is 12.9. The van der Waals surface area contributed by atoms with Crippen LogP contribution in [0, 0.1) is 23.7 Å². The van der Waals surface area contributed by atoms with Gasteiger partial charge in [0.1, 0.15) is 11.5 Å². The van der Waals surface area contributed by atoms with Gasteiger partial charge in [-0.2, -0.15) is 0 Å². The third-order valence-electron chi connectivity index (χ3n) is 6.51. The van der Waals surface area contributed by atoms with Crippen molar-refractivity contribution in [3.8, 4) is 11.5 Å². The Bertz CT molecular complexity index is 1080. The molecule has 1 N–H and O–H groups in total. The Labute approximate surface area is 179 Å². The van der Waals surface area contributed by atoms with Gasteiger partial charge in [0.15, 0.2) is 0 Å². The van der Waals surface area contributed by atoms with Crippen molar-refractivity contribution in [1.29, 1.82) is 0 Å². The van der Waals surface area contributed by atoms with Crippen LogP contribution in [0.2, 0.25) is 0 Å². The lowest BCUT2D eigenvalue weighted by molar-refractivity contribution is -0.123. The van der Waals surface area contributed by atoms with E-state index >= 15 is 0 Å². The average molecular weight is 418 g/mol. The van der Waals surface area contributed by atoms with Crippen LogP contribution in [0.15, 0.2) is 54.6 Å². The van der Waals surface area contributed by atoms with Crippen molar-refractivity contribution >= 4 is 29.1 Å². The fourth-order valence-corrected chi connectivity index (χ4v) is 5.01. The number of allylic oxidation sites excluding steroid dienone is 2. The fraction of sp³-hybridized carbons (Fsp3) is 0.292. The molecule has 158 valence electrons. The third kappa shape index (κ3) is 3.00. The highest BCUT2D eigenvalue weighted by molar-refractivity contribution is 6.23. The number of imide groups is 1. The van der Waals surface area contributed by atoms with Crippen LogP contribution in [-0.2, 0) is 9.59 Å². The van der Waals surface area contributed by atoms with Crippen LogP contribution in [-0.4, -0.2) is 31.9 Å². The SMILES string of the molecule is COc1ccc(NC(=O)c2ccc(N3C(=O)[C@@H]4[C@@H](C3=O)[C@H]3C=C[C@H]4C3)cc2)c(OC)c1. The Hall–Kier alpha value is -3.61. The summed E-state index contributed by atoms with van der Waals surface area (Å²) in [7, 11) is 3.07. The number of carbonyl (C=O) groups excluding carboxylic acids is 3. The number of carbonyl (C=O) groups is 3. The predicted octanol–water partition coefficient (Wildman–Crippen LogP) is 3.27. The van der Waals surface area contributed by atoms with E-state index in [1.807, 2.05) is 0 Å². The first-order valence-corrected chi connectivity index (χ1v) is 10.2. The van der Waals surface area contributed by atoms with Gasteiger partial charge in [-0.15, -0.1) is 0 Å². The molecule has 1 saturated heterocycles. The van der Waals surface area contributed by atoms with Crippen LogP contribution in [0.4, 0.5) is 11.4 Å². The predicted molar refractivity (Wildman–Crippen MR) is 114 cm³/mol. The van der Waals surface area contributed by atoms with Gasteiger partial charge in [0, 0.05) is 11.6 Å². The standard InChI is InChI=1S/C24H22N2O5/c1-30-17-9-10-18(19(12-17)31-2)25-22(27)13-5-7-16(8-6-13)26-23(28)20-14-3-4-15(11-14)21(20)24(26)29/h3-10,12,14-15,20-21H,11H2,1-2H3,(H,25,27)/t14-,15-,20-,21-/m0/s1. The Balaban J connectivity index is 1.33. The van der Waals surface area contributed by atoms with E-state index in [1.54, 1.807) is 49.6 Å². The maximum Gasteiger partial charge on any atom is 0.255 e. The molecule has 1 heterocycles. The number of anilines is 2. The lowest BCUT2D eigenvalue weighted by atomic mass is 9.85. The van der Waals surface area contributed by atoms with E-state index in [-0.39, 0.29) is 41.4 Å². The number of nitrogens with zero attached hydrogens (tertiary/aromatic N) is 1. The van der Waals surface area contributed by atoms with Gasteiger partial charge in [-0.3, -0.25) is 19.3 Å². The van der Waals surface area contributed by atoms with Crippen molar-refractivity contribution in [1.82, 2.24) is 0 Å². The molecule has 31 heavy (non-hydrogen) atoms. The van der Waals surface area contributed by atoms with E-state index in [1.165, 1.54) is 12.0 Å². The van der Waals surface area contributed by atoms with Crippen molar-refractivity contribution in [2.75, 3.05) is 24.4 Å². The molecule has 2 aliphatic carbocycles. The highest BCUT2D eigenvalue weighted by atomic mass is 16.5. The molecule has 0 radical (unpaired) electrons. The van der Waals surface area contributed by atoms with Crippen LogP contribution in [0.3, 0.4) is 0 Å². The lowest BCUT2D eigenvalue weighted by Crippen LogP contribution is -2.32. The first kappa shape index (κ1) is 19.4. The zero-order chi connectivity index (χ0) is 21.7. The number of hydrogen-bond acceptors (Lipinski definition) is 5. The zero-order valence-corrected chi connectivity index (χ0v) is 17.2. The van der Waals surface area contributed by atoms with E-state index < -0.39 is 0 Å². The monoisotopic (exact) mass is 418 g/mol. The van der Waals surface area contributed by atoms with Crippen molar-refractivity contribution in [2.45, 2.75) is 6.42 Å².